The fourth-order valence-electron chi connectivity index (χ4n) is 1.50. The number of nitrogens with zero attached hydrogens (tertiary/aromatic N) is 2. The molecule has 0 aliphatic rings. The van der Waals surface area contributed by atoms with Crippen molar-refractivity contribution in [3.8, 4) is 0 Å². The monoisotopic (exact) mass is 225 g/mol. The SMILES string of the molecule is CCCCCCCc1nc(C(C)(C)N)no1. The molecule has 0 unspecified atom stereocenters. The van der Waals surface area contributed by atoms with Crippen LogP contribution in [0.4, 0.5) is 0 Å². The van der Waals surface area contributed by atoms with E-state index in [-0.39, 0.29) is 0 Å². The Morgan fingerprint density at radius 1 is 1.19 bits per heavy atom. The van der Waals surface area contributed by atoms with Crippen LogP contribution in [0.3, 0.4) is 0 Å². The van der Waals surface area contributed by atoms with Gasteiger partial charge in [0.25, 0.3) is 0 Å². The molecule has 2 N–H and O–H groups in total. The Hall–Kier alpha value is -0.900. The summed E-state index contributed by atoms with van der Waals surface area (Å²) in [6.07, 6.45) is 7.09. The molecule has 0 amide bonds. The van der Waals surface area contributed by atoms with E-state index in [9.17, 15) is 0 Å². The van der Waals surface area contributed by atoms with Crippen molar-refractivity contribution in [2.24, 2.45) is 5.73 Å². The quantitative estimate of drug-likeness (QED) is 0.725. The van der Waals surface area contributed by atoms with E-state index in [4.69, 9.17) is 10.3 Å². The lowest BCUT2D eigenvalue weighted by molar-refractivity contribution is 0.357. The molecule has 0 bridgehead atoms. The molecule has 1 heterocycles. The van der Waals surface area contributed by atoms with Crippen LogP contribution in [0.25, 0.3) is 0 Å². The van der Waals surface area contributed by atoms with Crippen molar-refractivity contribution in [1.82, 2.24) is 10.1 Å². The molecular weight excluding hydrogens is 202 g/mol. The third kappa shape index (κ3) is 4.31. The number of unbranched alkanes of at least 4 members (excludes halogenated alkanes) is 4. The number of nitrogens with two attached hydrogens (primary N) is 1. The van der Waals surface area contributed by atoms with Gasteiger partial charge in [-0.25, -0.2) is 0 Å². The highest BCUT2D eigenvalue weighted by molar-refractivity contribution is 4.98. The summed E-state index contributed by atoms with van der Waals surface area (Å²) in [7, 11) is 0. The molecule has 4 nitrogen and oxygen atoms in total. The Morgan fingerprint density at radius 2 is 1.88 bits per heavy atom. The molecule has 92 valence electrons. The first-order valence-electron chi connectivity index (χ1n) is 6.16. The van der Waals surface area contributed by atoms with Gasteiger partial charge in [0, 0.05) is 6.42 Å². The van der Waals surface area contributed by atoms with Gasteiger partial charge in [0.2, 0.25) is 5.89 Å². The zero-order valence-electron chi connectivity index (χ0n) is 10.6. The maximum atomic E-state index is 5.88. The van der Waals surface area contributed by atoms with E-state index >= 15 is 0 Å². The third-order valence-electron chi connectivity index (χ3n) is 2.54. The van der Waals surface area contributed by atoms with Crippen molar-refractivity contribution in [3.63, 3.8) is 0 Å². The number of aryl methyl sites for hydroxylation is 1. The minimum absolute atomic E-state index is 0.510. The van der Waals surface area contributed by atoms with Gasteiger partial charge in [-0.15, -0.1) is 0 Å². The molecular formula is C12H23N3O. The van der Waals surface area contributed by atoms with Crippen LogP contribution in [-0.4, -0.2) is 10.1 Å². The summed E-state index contributed by atoms with van der Waals surface area (Å²) in [5.74, 6) is 1.31. The highest BCUT2D eigenvalue weighted by atomic mass is 16.5. The van der Waals surface area contributed by atoms with E-state index in [1.165, 1.54) is 25.7 Å². The van der Waals surface area contributed by atoms with Crippen LogP contribution >= 0.6 is 0 Å². The standard InChI is InChI=1S/C12H23N3O/c1-4-5-6-7-8-9-10-14-11(15-16-10)12(2,3)13/h4-9,13H2,1-3H3. The molecule has 1 rings (SSSR count). The average molecular weight is 225 g/mol. The maximum Gasteiger partial charge on any atom is 0.226 e. The fourth-order valence-corrected chi connectivity index (χ4v) is 1.50. The van der Waals surface area contributed by atoms with Gasteiger partial charge >= 0.3 is 0 Å². The largest absolute Gasteiger partial charge is 0.339 e. The fraction of sp³-hybridized carbons (Fsp3) is 0.833. The summed E-state index contributed by atoms with van der Waals surface area (Å²) >= 11 is 0. The second kappa shape index (κ2) is 5.99. The summed E-state index contributed by atoms with van der Waals surface area (Å²) in [4.78, 5) is 4.30. The lowest BCUT2D eigenvalue weighted by Crippen LogP contribution is -2.30. The normalized spacial score (nSPS) is 12.0. The van der Waals surface area contributed by atoms with Gasteiger partial charge in [-0.3, -0.25) is 0 Å². The molecule has 1 aromatic heterocycles. The molecule has 0 aliphatic carbocycles. The summed E-state index contributed by atoms with van der Waals surface area (Å²) in [6, 6.07) is 0. The topological polar surface area (TPSA) is 64.9 Å². The molecule has 0 spiro atoms. The van der Waals surface area contributed by atoms with E-state index in [2.05, 4.69) is 17.1 Å². The van der Waals surface area contributed by atoms with Crippen molar-refractivity contribution in [1.29, 1.82) is 0 Å². The highest BCUT2D eigenvalue weighted by Crippen LogP contribution is 2.14. The maximum absolute atomic E-state index is 5.88. The summed E-state index contributed by atoms with van der Waals surface area (Å²) in [5, 5.41) is 3.89. The van der Waals surface area contributed by atoms with Gasteiger partial charge in [-0.05, 0) is 20.3 Å². The first-order chi connectivity index (χ1) is 7.54. The summed E-state index contributed by atoms with van der Waals surface area (Å²) < 4.78 is 5.16. The molecule has 0 aliphatic heterocycles. The second-order valence-corrected chi connectivity index (χ2v) is 4.90. The van der Waals surface area contributed by atoms with Crippen LogP contribution in [0.1, 0.15) is 64.6 Å². The third-order valence-corrected chi connectivity index (χ3v) is 2.54. The van der Waals surface area contributed by atoms with Gasteiger partial charge in [-0.2, -0.15) is 4.98 Å². The van der Waals surface area contributed by atoms with E-state index in [1.807, 2.05) is 13.8 Å². The van der Waals surface area contributed by atoms with Crippen molar-refractivity contribution in [2.75, 3.05) is 0 Å². The molecule has 1 aromatic rings. The second-order valence-electron chi connectivity index (χ2n) is 4.90. The summed E-state index contributed by atoms with van der Waals surface area (Å²) in [5.41, 5.74) is 5.37. The molecule has 0 atom stereocenters. The van der Waals surface area contributed by atoms with Crippen LogP contribution < -0.4 is 5.73 Å². The van der Waals surface area contributed by atoms with Gasteiger partial charge in [0.05, 0.1) is 5.54 Å². The Labute approximate surface area is 97.6 Å². The van der Waals surface area contributed by atoms with Crippen molar-refractivity contribution in [2.45, 2.75) is 64.8 Å². The first kappa shape index (κ1) is 13.2. The predicted molar refractivity (Wildman–Crippen MR) is 64.0 cm³/mol. The Balaban J connectivity index is 2.30. The zero-order valence-corrected chi connectivity index (χ0v) is 10.6. The Kier molecular flexibility index (Phi) is 4.93. The highest BCUT2D eigenvalue weighted by Gasteiger charge is 2.21. The molecule has 0 saturated carbocycles. The number of hydrogen-bond acceptors (Lipinski definition) is 4. The Bertz CT molecular complexity index is 301. The Morgan fingerprint density at radius 3 is 2.44 bits per heavy atom. The summed E-state index contributed by atoms with van der Waals surface area (Å²) in [6.45, 7) is 5.97. The van der Waals surface area contributed by atoms with E-state index in [0.717, 1.165) is 12.8 Å². The average Bonchev–Trinajstić information content (AvgIpc) is 2.65. The molecule has 0 radical (unpaired) electrons. The van der Waals surface area contributed by atoms with Crippen LogP contribution in [0.2, 0.25) is 0 Å². The van der Waals surface area contributed by atoms with Crippen molar-refractivity contribution in [3.05, 3.63) is 11.7 Å². The van der Waals surface area contributed by atoms with Gasteiger partial charge < -0.3 is 10.3 Å². The molecule has 0 fully saturated rings. The minimum Gasteiger partial charge on any atom is -0.339 e. The lowest BCUT2D eigenvalue weighted by atomic mass is 10.1. The van der Waals surface area contributed by atoms with Gasteiger partial charge in [0.15, 0.2) is 5.82 Å². The van der Waals surface area contributed by atoms with Crippen LogP contribution in [-0.2, 0) is 12.0 Å². The van der Waals surface area contributed by atoms with Gasteiger partial charge in [0.1, 0.15) is 0 Å². The van der Waals surface area contributed by atoms with Crippen LogP contribution in [0.15, 0.2) is 4.52 Å². The minimum atomic E-state index is -0.510. The van der Waals surface area contributed by atoms with Crippen molar-refractivity contribution < 1.29 is 4.52 Å². The van der Waals surface area contributed by atoms with Gasteiger partial charge in [-0.1, -0.05) is 37.8 Å². The predicted octanol–water partition coefficient (Wildman–Crippen LogP) is 2.78. The number of rotatable bonds is 7. The van der Waals surface area contributed by atoms with Crippen molar-refractivity contribution >= 4 is 0 Å². The molecule has 16 heavy (non-hydrogen) atoms. The van der Waals surface area contributed by atoms with E-state index in [1.54, 1.807) is 0 Å². The first-order valence-corrected chi connectivity index (χ1v) is 6.16. The molecule has 4 heteroatoms. The van der Waals surface area contributed by atoms with E-state index in [0.29, 0.717) is 11.7 Å². The molecule has 0 aromatic carbocycles. The van der Waals surface area contributed by atoms with Crippen LogP contribution in [0, 0.1) is 0 Å². The lowest BCUT2D eigenvalue weighted by Gasteiger charge is -2.11. The zero-order chi connectivity index (χ0) is 12.0. The molecule has 0 saturated heterocycles. The van der Waals surface area contributed by atoms with Crippen LogP contribution in [0.5, 0.6) is 0 Å². The smallest absolute Gasteiger partial charge is 0.226 e. The van der Waals surface area contributed by atoms with E-state index < -0.39 is 5.54 Å². The number of aromatic nitrogens is 2. The number of hydrogen-bond donors (Lipinski definition) is 1.